The number of benzene rings is 2. The van der Waals surface area contributed by atoms with Gasteiger partial charge in [0, 0.05) is 22.9 Å². The predicted octanol–water partition coefficient (Wildman–Crippen LogP) is 2.53. The molecule has 2 aromatic rings. The van der Waals surface area contributed by atoms with Crippen LogP contribution in [-0.2, 0) is 0 Å². The van der Waals surface area contributed by atoms with Gasteiger partial charge in [-0.3, -0.25) is 9.59 Å². The minimum absolute atomic E-state index is 0.116. The molecule has 0 radical (unpaired) electrons. The highest BCUT2D eigenvalue weighted by atomic mass is 16.4. The zero-order chi connectivity index (χ0) is 17.1. The maximum absolute atomic E-state index is 12.2. The van der Waals surface area contributed by atoms with Crippen LogP contribution in [0.25, 0.3) is 0 Å². The second kappa shape index (κ2) is 6.54. The van der Waals surface area contributed by atoms with Gasteiger partial charge >= 0.3 is 5.97 Å². The molecule has 2 amide bonds. The van der Waals surface area contributed by atoms with Gasteiger partial charge in [-0.1, -0.05) is 6.07 Å². The number of carboxylic acids is 1. The molecule has 6 heteroatoms. The van der Waals surface area contributed by atoms with Crippen molar-refractivity contribution in [2.24, 2.45) is 0 Å². The van der Waals surface area contributed by atoms with Crippen LogP contribution in [0.4, 0.5) is 5.69 Å². The van der Waals surface area contributed by atoms with E-state index in [1.807, 2.05) is 0 Å². The molecule has 0 heterocycles. The van der Waals surface area contributed by atoms with Crippen LogP contribution < -0.4 is 10.6 Å². The maximum atomic E-state index is 12.2. The first-order valence-corrected chi connectivity index (χ1v) is 7.58. The summed E-state index contributed by atoms with van der Waals surface area (Å²) in [6.45, 7) is 0. The largest absolute Gasteiger partial charge is 0.478 e. The third kappa shape index (κ3) is 3.78. The van der Waals surface area contributed by atoms with Gasteiger partial charge in [0.15, 0.2) is 0 Å². The fraction of sp³-hybridized carbons (Fsp3) is 0.167. The molecule has 1 aliphatic rings. The zero-order valence-electron chi connectivity index (χ0n) is 12.8. The molecule has 1 aliphatic carbocycles. The molecule has 1 saturated carbocycles. The summed E-state index contributed by atoms with van der Waals surface area (Å²) in [5, 5.41) is 14.5. The molecular weight excluding hydrogens is 308 g/mol. The van der Waals surface area contributed by atoms with Gasteiger partial charge in [0.05, 0.1) is 5.56 Å². The van der Waals surface area contributed by atoms with Crippen LogP contribution in [0.2, 0.25) is 0 Å². The molecule has 6 nitrogen and oxygen atoms in total. The summed E-state index contributed by atoms with van der Waals surface area (Å²) in [7, 11) is 0. The van der Waals surface area contributed by atoms with E-state index in [-0.39, 0.29) is 23.4 Å². The lowest BCUT2D eigenvalue weighted by molar-refractivity contribution is 0.0696. The van der Waals surface area contributed by atoms with Crippen LogP contribution in [0.1, 0.15) is 43.9 Å². The number of hydrogen-bond acceptors (Lipinski definition) is 3. The first-order valence-electron chi connectivity index (χ1n) is 7.58. The van der Waals surface area contributed by atoms with Crippen LogP contribution in [0.5, 0.6) is 0 Å². The highest BCUT2D eigenvalue weighted by molar-refractivity contribution is 6.05. The lowest BCUT2D eigenvalue weighted by Crippen LogP contribution is -2.25. The minimum atomic E-state index is -1.05. The smallest absolute Gasteiger partial charge is 0.335 e. The highest BCUT2D eigenvalue weighted by Gasteiger charge is 2.23. The van der Waals surface area contributed by atoms with E-state index < -0.39 is 5.97 Å². The van der Waals surface area contributed by atoms with Gasteiger partial charge in [-0.05, 0) is 55.3 Å². The van der Waals surface area contributed by atoms with E-state index in [0.717, 1.165) is 12.8 Å². The fourth-order valence-corrected chi connectivity index (χ4v) is 2.20. The number of anilines is 1. The van der Waals surface area contributed by atoms with Crippen LogP contribution in [0.15, 0.2) is 48.5 Å². The molecule has 0 spiro atoms. The molecule has 0 aliphatic heterocycles. The van der Waals surface area contributed by atoms with Gasteiger partial charge in [0.25, 0.3) is 11.8 Å². The first-order chi connectivity index (χ1) is 11.5. The van der Waals surface area contributed by atoms with E-state index in [0.29, 0.717) is 16.8 Å². The Morgan fingerprint density at radius 3 is 2.17 bits per heavy atom. The second-order valence-corrected chi connectivity index (χ2v) is 5.67. The van der Waals surface area contributed by atoms with Crippen LogP contribution in [-0.4, -0.2) is 28.9 Å². The van der Waals surface area contributed by atoms with Gasteiger partial charge in [0.1, 0.15) is 0 Å². The summed E-state index contributed by atoms with van der Waals surface area (Å²) in [4.78, 5) is 35.0. The van der Waals surface area contributed by atoms with Crippen molar-refractivity contribution in [3.63, 3.8) is 0 Å². The Bertz CT molecular complexity index is 795. The van der Waals surface area contributed by atoms with Crippen molar-refractivity contribution in [2.45, 2.75) is 18.9 Å². The monoisotopic (exact) mass is 324 g/mol. The number of carbonyl (C=O) groups is 3. The normalized spacial score (nSPS) is 13.2. The molecule has 2 aromatic carbocycles. The number of rotatable bonds is 5. The Morgan fingerprint density at radius 2 is 1.54 bits per heavy atom. The Balaban J connectivity index is 1.69. The summed E-state index contributed by atoms with van der Waals surface area (Å²) in [5.41, 5.74) is 1.45. The minimum Gasteiger partial charge on any atom is -0.478 e. The molecule has 1 fully saturated rings. The molecule has 0 saturated heterocycles. The summed E-state index contributed by atoms with van der Waals surface area (Å²) < 4.78 is 0. The van der Waals surface area contributed by atoms with Crippen molar-refractivity contribution in [3.05, 3.63) is 65.2 Å². The molecule has 0 atom stereocenters. The topological polar surface area (TPSA) is 95.5 Å². The van der Waals surface area contributed by atoms with Gasteiger partial charge in [-0.2, -0.15) is 0 Å². The summed E-state index contributed by atoms with van der Waals surface area (Å²) in [5.74, 6) is -1.57. The maximum Gasteiger partial charge on any atom is 0.335 e. The Hall–Kier alpha value is -3.15. The standard InChI is InChI=1S/C18H16N2O4/c21-16(11-4-6-12(7-5-11)18(23)24)20-15-3-1-2-13(10-15)17(22)19-14-8-9-14/h1-7,10,14H,8-9H2,(H,19,22)(H,20,21)(H,23,24). The molecule has 0 unspecified atom stereocenters. The molecule has 3 rings (SSSR count). The van der Waals surface area contributed by atoms with E-state index in [4.69, 9.17) is 5.11 Å². The zero-order valence-corrected chi connectivity index (χ0v) is 12.8. The van der Waals surface area contributed by atoms with Crippen molar-refractivity contribution in [2.75, 3.05) is 5.32 Å². The number of amides is 2. The summed E-state index contributed by atoms with van der Waals surface area (Å²) in [6.07, 6.45) is 2.02. The van der Waals surface area contributed by atoms with E-state index in [9.17, 15) is 14.4 Å². The molecule has 0 aromatic heterocycles. The number of carboxylic acid groups (broad SMARTS) is 1. The molecular formula is C18H16N2O4. The van der Waals surface area contributed by atoms with E-state index in [1.54, 1.807) is 24.3 Å². The highest BCUT2D eigenvalue weighted by Crippen LogP contribution is 2.20. The van der Waals surface area contributed by atoms with E-state index in [2.05, 4.69) is 10.6 Å². The van der Waals surface area contributed by atoms with E-state index in [1.165, 1.54) is 24.3 Å². The predicted molar refractivity (Wildman–Crippen MR) is 88.3 cm³/mol. The Kier molecular flexibility index (Phi) is 4.29. The van der Waals surface area contributed by atoms with Gasteiger partial charge < -0.3 is 15.7 Å². The van der Waals surface area contributed by atoms with Crippen molar-refractivity contribution < 1.29 is 19.5 Å². The first kappa shape index (κ1) is 15.7. The summed E-state index contributed by atoms with van der Waals surface area (Å²) >= 11 is 0. The average molecular weight is 324 g/mol. The molecule has 24 heavy (non-hydrogen) atoms. The van der Waals surface area contributed by atoms with Crippen molar-refractivity contribution in [1.82, 2.24) is 5.32 Å². The summed E-state index contributed by atoms with van der Waals surface area (Å²) in [6, 6.07) is 12.6. The molecule has 0 bridgehead atoms. The average Bonchev–Trinajstić information content (AvgIpc) is 3.39. The van der Waals surface area contributed by atoms with Gasteiger partial charge in [-0.15, -0.1) is 0 Å². The number of aromatic carboxylic acids is 1. The third-order valence-corrected chi connectivity index (χ3v) is 3.69. The third-order valence-electron chi connectivity index (χ3n) is 3.69. The van der Waals surface area contributed by atoms with Gasteiger partial charge in [0.2, 0.25) is 0 Å². The van der Waals surface area contributed by atoms with Crippen LogP contribution in [0, 0.1) is 0 Å². The lowest BCUT2D eigenvalue weighted by atomic mass is 10.1. The SMILES string of the molecule is O=C(O)c1ccc(C(=O)Nc2cccc(C(=O)NC3CC3)c2)cc1. The van der Waals surface area contributed by atoms with E-state index >= 15 is 0 Å². The molecule has 122 valence electrons. The van der Waals surface area contributed by atoms with Crippen molar-refractivity contribution in [1.29, 1.82) is 0 Å². The lowest BCUT2D eigenvalue weighted by Gasteiger charge is -2.08. The number of nitrogens with one attached hydrogen (secondary N) is 2. The number of carbonyl (C=O) groups excluding carboxylic acids is 2. The fourth-order valence-electron chi connectivity index (χ4n) is 2.20. The quantitative estimate of drug-likeness (QED) is 0.787. The Labute approximate surface area is 138 Å². The molecule has 3 N–H and O–H groups in total. The van der Waals surface area contributed by atoms with Crippen molar-refractivity contribution in [3.8, 4) is 0 Å². The van der Waals surface area contributed by atoms with Crippen LogP contribution >= 0.6 is 0 Å². The van der Waals surface area contributed by atoms with Crippen LogP contribution in [0.3, 0.4) is 0 Å². The second-order valence-electron chi connectivity index (χ2n) is 5.67. The van der Waals surface area contributed by atoms with Gasteiger partial charge in [-0.25, -0.2) is 4.79 Å². The number of hydrogen-bond donors (Lipinski definition) is 3. The van der Waals surface area contributed by atoms with Crippen molar-refractivity contribution >= 4 is 23.5 Å². The Morgan fingerprint density at radius 1 is 0.875 bits per heavy atom.